The lowest BCUT2D eigenvalue weighted by Gasteiger charge is -2.38. The van der Waals surface area contributed by atoms with Crippen molar-refractivity contribution in [3.8, 4) is 5.75 Å². The van der Waals surface area contributed by atoms with Crippen LogP contribution in [0.3, 0.4) is 0 Å². The number of fused-ring (bicyclic) bond motifs is 1. The fourth-order valence-electron chi connectivity index (χ4n) is 2.30. The Kier molecular flexibility index (Phi) is 4.21. The van der Waals surface area contributed by atoms with Crippen molar-refractivity contribution in [2.75, 3.05) is 18.6 Å². The molecule has 0 spiro atoms. The van der Waals surface area contributed by atoms with Crippen LogP contribution in [0.15, 0.2) is 18.2 Å². The molecular weight excluding hydrogens is 286 g/mol. The van der Waals surface area contributed by atoms with Crippen LogP contribution in [0, 0.1) is 0 Å². The maximum absolute atomic E-state index is 12.5. The molecule has 1 amide bonds. The molecule has 22 heavy (non-hydrogen) atoms. The average molecular weight is 305 g/mol. The van der Waals surface area contributed by atoms with Gasteiger partial charge in [0.15, 0.2) is 11.4 Å². The monoisotopic (exact) mass is 305 g/mol. The molecular formula is C16H19NO5. The largest absolute Gasteiger partial charge is 0.476 e. The first-order valence-corrected chi connectivity index (χ1v) is 7.05. The summed E-state index contributed by atoms with van der Waals surface area (Å²) >= 11 is 0. The maximum Gasteiger partial charge on any atom is 0.325 e. The highest BCUT2D eigenvalue weighted by atomic mass is 16.5. The van der Waals surface area contributed by atoms with Crippen molar-refractivity contribution in [2.45, 2.75) is 32.8 Å². The predicted molar refractivity (Wildman–Crippen MR) is 80.1 cm³/mol. The fourth-order valence-corrected chi connectivity index (χ4v) is 2.30. The van der Waals surface area contributed by atoms with Crippen molar-refractivity contribution in [1.82, 2.24) is 0 Å². The van der Waals surface area contributed by atoms with E-state index in [0.29, 0.717) is 23.4 Å². The van der Waals surface area contributed by atoms with Crippen molar-refractivity contribution in [1.29, 1.82) is 0 Å². The Labute approximate surface area is 129 Å². The summed E-state index contributed by atoms with van der Waals surface area (Å²) in [4.78, 5) is 37.3. The van der Waals surface area contributed by atoms with Gasteiger partial charge in [0.25, 0.3) is 5.91 Å². The van der Waals surface area contributed by atoms with E-state index in [4.69, 9.17) is 4.74 Å². The topological polar surface area (TPSA) is 72.9 Å². The summed E-state index contributed by atoms with van der Waals surface area (Å²) in [5, 5.41) is 0. The number of amides is 1. The van der Waals surface area contributed by atoms with Crippen LogP contribution in [0.4, 0.5) is 5.69 Å². The fraction of sp³-hybridized carbons (Fsp3) is 0.438. The molecule has 1 aliphatic heterocycles. The van der Waals surface area contributed by atoms with E-state index in [1.165, 1.54) is 12.0 Å². The molecule has 118 valence electrons. The number of ketones is 1. The number of esters is 1. The second-order valence-electron chi connectivity index (χ2n) is 5.54. The third-order valence-corrected chi connectivity index (χ3v) is 3.53. The average Bonchev–Trinajstić information content (AvgIpc) is 2.50. The number of carbonyl (C=O) groups excluding carboxylic acids is 3. The van der Waals surface area contributed by atoms with E-state index in [9.17, 15) is 14.4 Å². The zero-order valence-corrected chi connectivity index (χ0v) is 13.1. The molecule has 1 aliphatic rings. The lowest BCUT2D eigenvalue weighted by Crippen LogP contribution is -2.54. The quantitative estimate of drug-likeness (QED) is 0.628. The van der Waals surface area contributed by atoms with Crippen LogP contribution >= 0.6 is 0 Å². The van der Waals surface area contributed by atoms with Gasteiger partial charge in [-0.15, -0.1) is 0 Å². The third-order valence-electron chi connectivity index (χ3n) is 3.53. The van der Waals surface area contributed by atoms with Gasteiger partial charge >= 0.3 is 5.97 Å². The zero-order valence-electron chi connectivity index (χ0n) is 13.1. The molecule has 0 unspecified atom stereocenters. The molecule has 0 aliphatic carbocycles. The summed E-state index contributed by atoms with van der Waals surface area (Å²) in [7, 11) is 1.26. The standard InChI is InChI=1S/C16H19NO5/c1-5-12(18)10-6-7-13-11(8-10)17(9-14(19)21-4)15(20)16(2,3)22-13/h6-8H,5,9H2,1-4H3. The second-order valence-corrected chi connectivity index (χ2v) is 5.54. The minimum absolute atomic E-state index is 0.0434. The predicted octanol–water partition coefficient (Wildman–Crippen LogP) is 1.96. The molecule has 2 rings (SSSR count). The summed E-state index contributed by atoms with van der Waals surface area (Å²) in [6.45, 7) is 4.80. The first kappa shape index (κ1) is 16.0. The van der Waals surface area contributed by atoms with Gasteiger partial charge in [0.1, 0.15) is 12.3 Å². The Bertz CT molecular complexity index is 635. The Morgan fingerprint density at radius 1 is 1.32 bits per heavy atom. The SMILES string of the molecule is CCC(=O)c1ccc2c(c1)N(CC(=O)OC)C(=O)C(C)(C)O2. The van der Waals surface area contributed by atoms with Crippen molar-refractivity contribution in [3.05, 3.63) is 23.8 Å². The van der Waals surface area contributed by atoms with Gasteiger partial charge in [-0.1, -0.05) is 6.92 Å². The number of rotatable bonds is 4. The van der Waals surface area contributed by atoms with Crippen LogP contribution in [0.25, 0.3) is 0 Å². The Hall–Kier alpha value is -2.37. The van der Waals surface area contributed by atoms with Crippen molar-refractivity contribution >= 4 is 23.3 Å². The van der Waals surface area contributed by atoms with Gasteiger partial charge in [-0.25, -0.2) is 0 Å². The molecule has 0 saturated heterocycles. The summed E-state index contributed by atoms with van der Waals surface area (Å²) < 4.78 is 10.3. The molecule has 1 aromatic carbocycles. The van der Waals surface area contributed by atoms with E-state index in [-0.39, 0.29) is 18.2 Å². The molecule has 0 radical (unpaired) electrons. The molecule has 0 saturated carbocycles. The lowest BCUT2D eigenvalue weighted by molar-refractivity contribution is -0.142. The molecule has 6 heteroatoms. The van der Waals surface area contributed by atoms with Gasteiger partial charge in [-0.05, 0) is 32.0 Å². The number of Topliss-reactive ketones (excluding diaryl/α,β-unsaturated/α-hetero) is 1. The van der Waals surface area contributed by atoms with Gasteiger partial charge in [0, 0.05) is 12.0 Å². The minimum Gasteiger partial charge on any atom is -0.476 e. The van der Waals surface area contributed by atoms with Crippen LogP contribution in [0.2, 0.25) is 0 Å². The van der Waals surface area contributed by atoms with Crippen molar-refractivity contribution in [2.24, 2.45) is 0 Å². The summed E-state index contributed by atoms with van der Waals surface area (Å²) in [5.41, 5.74) is -0.196. The molecule has 0 N–H and O–H groups in total. The smallest absolute Gasteiger partial charge is 0.325 e. The van der Waals surface area contributed by atoms with Gasteiger partial charge in [0.2, 0.25) is 0 Å². The molecule has 0 aromatic heterocycles. The van der Waals surface area contributed by atoms with E-state index < -0.39 is 11.6 Å². The number of anilines is 1. The van der Waals surface area contributed by atoms with Crippen LogP contribution in [0.5, 0.6) is 5.75 Å². The molecule has 1 heterocycles. The number of ether oxygens (including phenoxy) is 2. The summed E-state index contributed by atoms with van der Waals surface area (Å²) in [6, 6.07) is 4.89. The van der Waals surface area contributed by atoms with Crippen LogP contribution < -0.4 is 9.64 Å². The second kappa shape index (κ2) is 5.79. The highest BCUT2D eigenvalue weighted by Gasteiger charge is 2.41. The van der Waals surface area contributed by atoms with Crippen LogP contribution in [-0.2, 0) is 14.3 Å². The van der Waals surface area contributed by atoms with E-state index in [2.05, 4.69) is 4.74 Å². The van der Waals surface area contributed by atoms with Gasteiger partial charge in [0.05, 0.1) is 12.8 Å². The number of carbonyl (C=O) groups is 3. The number of benzene rings is 1. The number of hydrogen-bond acceptors (Lipinski definition) is 5. The zero-order chi connectivity index (χ0) is 16.5. The van der Waals surface area contributed by atoms with Gasteiger partial charge in [-0.2, -0.15) is 0 Å². The number of hydrogen-bond donors (Lipinski definition) is 0. The first-order valence-electron chi connectivity index (χ1n) is 7.05. The normalized spacial score (nSPS) is 15.8. The van der Waals surface area contributed by atoms with E-state index in [1.54, 1.807) is 39.0 Å². The van der Waals surface area contributed by atoms with Gasteiger partial charge in [-0.3, -0.25) is 19.3 Å². The first-order chi connectivity index (χ1) is 10.3. The molecule has 1 aromatic rings. The highest BCUT2D eigenvalue weighted by molar-refractivity contribution is 6.06. The van der Waals surface area contributed by atoms with E-state index >= 15 is 0 Å². The lowest BCUT2D eigenvalue weighted by atomic mass is 10.0. The maximum atomic E-state index is 12.5. The Morgan fingerprint density at radius 3 is 2.59 bits per heavy atom. The molecule has 0 atom stereocenters. The Balaban J connectivity index is 2.50. The third kappa shape index (κ3) is 2.81. The Morgan fingerprint density at radius 2 is 2.00 bits per heavy atom. The van der Waals surface area contributed by atoms with E-state index in [0.717, 1.165) is 0 Å². The minimum atomic E-state index is -1.09. The highest BCUT2D eigenvalue weighted by Crippen LogP contribution is 2.38. The summed E-state index contributed by atoms with van der Waals surface area (Å²) in [6.07, 6.45) is 0.357. The van der Waals surface area contributed by atoms with E-state index in [1.807, 2.05) is 0 Å². The van der Waals surface area contributed by atoms with Crippen molar-refractivity contribution in [3.63, 3.8) is 0 Å². The number of methoxy groups -OCH3 is 1. The van der Waals surface area contributed by atoms with Crippen LogP contribution in [0.1, 0.15) is 37.6 Å². The molecule has 0 bridgehead atoms. The van der Waals surface area contributed by atoms with Crippen molar-refractivity contribution < 1.29 is 23.9 Å². The molecule has 0 fully saturated rings. The van der Waals surface area contributed by atoms with Crippen LogP contribution in [-0.4, -0.2) is 36.9 Å². The number of nitrogens with zero attached hydrogens (tertiary/aromatic N) is 1. The summed E-state index contributed by atoms with van der Waals surface area (Å²) in [5.74, 6) is -0.477. The molecule has 6 nitrogen and oxygen atoms in total. The van der Waals surface area contributed by atoms with Gasteiger partial charge < -0.3 is 9.47 Å².